The maximum atomic E-state index is 12.4. The van der Waals surface area contributed by atoms with Crippen LogP contribution < -0.4 is 15.4 Å². The molecule has 1 amide bonds. The number of nitrogens with zero attached hydrogens (tertiary/aromatic N) is 1. The van der Waals surface area contributed by atoms with Gasteiger partial charge in [0.1, 0.15) is 10.6 Å². The molecule has 0 saturated carbocycles. The average molecular weight is 343 g/mol. The van der Waals surface area contributed by atoms with Gasteiger partial charge in [-0.05, 0) is 32.2 Å². The molecule has 8 heteroatoms. The van der Waals surface area contributed by atoms with Crippen LogP contribution in [-0.2, 0) is 14.8 Å². The maximum Gasteiger partial charge on any atom is 0.246 e. The fourth-order valence-corrected chi connectivity index (χ4v) is 2.97. The van der Waals surface area contributed by atoms with Crippen molar-refractivity contribution in [2.45, 2.75) is 18.7 Å². The summed E-state index contributed by atoms with van der Waals surface area (Å²) >= 11 is 0. The monoisotopic (exact) mass is 343 g/mol. The number of ether oxygens (including phenoxy) is 1. The molecule has 0 heterocycles. The van der Waals surface area contributed by atoms with Gasteiger partial charge in [0.15, 0.2) is 0 Å². The van der Waals surface area contributed by atoms with Crippen LogP contribution in [0.1, 0.15) is 13.8 Å². The summed E-state index contributed by atoms with van der Waals surface area (Å²) in [5, 5.41) is 5.66. The molecule has 0 aliphatic carbocycles. The van der Waals surface area contributed by atoms with Gasteiger partial charge < -0.3 is 15.4 Å². The van der Waals surface area contributed by atoms with E-state index in [0.717, 1.165) is 4.31 Å². The molecule has 23 heavy (non-hydrogen) atoms. The number of anilines is 1. The Bertz CT molecular complexity index is 644. The highest BCUT2D eigenvalue weighted by molar-refractivity contribution is 7.89. The minimum absolute atomic E-state index is 0.0309. The van der Waals surface area contributed by atoms with Gasteiger partial charge in [0.25, 0.3) is 0 Å². The normalized spacial score (nSPS) is 13.0. The molecule has 0 spiro atoms. The van der Waals surface area contributed by atoms with Crippen LogP contribution in [0.5, 0.6) is 5.75 Å². The lowest BCUT2D eigenvalue weighted by molar-refractivity contribution is -0.119. The van der Waals surface area contributed by atoms with Gasteiger partial charge in [-0.1, -0.05) is 6.92 Å². The highest BCUT2D eigenvalue weighted by Gasteiger charge is 2.23. The second-order valence-electron chi connectivity index (χ2n) is 5.33. The minimum Gasteiger partial charge on any atom is -0.492 e. The predicted octanol–water partition coefficient (Wildman–Crippen LogP) is 1.13. The van der Waals surface area contributed by atoms with Crippen LogP contribution in [0.15, 0.2) is 23.1 Å². The van der Waals surface area contributed by atoms with E-state index >= 15 is 0 Å². The Labute approximate surface area is 138 Å². The van der Waals surface area contributed by atoms with Gasteiger partial charge in [-0.2, -0.15) is 0 Å². The van der Waals surface area contributed by atoms with Gasteiger partial charge in [-0.15, -0.1) is 0 Å². The summed E-state index contributed by atoms with van der Waals surface area (Å²) in [5.41, 5.74) is 0.418. The van der Waals surface area contributed by atoms with E-state index < -0.39 is 10.0 Å². The SMILES string of the molecule is CCOc1ccc(NC(=O)C(C)CNC)cc1S(=O)(=O)N(C)C. The number of hydrogen-bond donors (Lipinski definition) is 2. The van der Waals surface area contributed by atoms with Gasteiger partial charge in [-0.3, -0.25) is 4.79 Å². The maximum absolute atomic E-state index is 12.4. The lowest BCUT2D eigenvalue weighted by atomic mass is 10.1. The van der Waals surface area contributed by atoms with E-state index in [4.69, 9.17) is 4.74 Å². The van der Waals surface area contributed by atoms with E-state index in [1.807, 2.05) is 0 Å². The second kappa shape index (κ2) is 8.28. The molecule has 0 aliphatic rings. The van der Waals surface area contributed by atoms with Crippen molar-refractivity contribution in [3.63, 3.8) is 0 Å². The Balaban J connectivity index is 3.17. The molecule has 1 aromatic rings. The summed E-state index contributed by atoms with van der Waals surface area (Å²) in [6.07, 6.45) is 0. The minimum atomic E-state index is -3.67. The summed E-state index contributed by atoms with van der Waals surface area (Å²) < 4.78 is 31.4. The molecule has 0 saturated heterocycles. The van der Waals surface area contributed by atoms with E-state index in [1.54, 1.807) is 33.0 Å². The average Bonchev–Trinajstić information content (AvgIpc) is 2.48. The lowest BCUT2D eigenvalue weighted by Gasteiger charge is -2.17. The molecule has 0 aromatic heterocycles. The molecule has 130 valence electrons. The third-order valence-electron chi connectivity index (χ3n) is 3.23. The van der Waals surface area contributed by atoms with E-state index in [1.165, 1.54) is 20.2 Å². The van der Waals surface area contributed by atoms with E-state index in [9.17, 15) is 13.2 Å². The Morgan fingerprint density at radius 3 is 2.52 bits per heavy atom. The molecule has 1 atom stereocenters. The summed E-state index contributed by atoms with van der Waals surface area (Å²) in [6.45, 7) is 4.45. The quantitative estimate of drug-likeness (QED) is 0.739. The fourth-order valence-electron chi connectivity index (χ4n) is 1.92. The molecular weight excluding hydrogens is 318 g/mol. The van der Waals surface area contributed by atoms with Gasteiger partial charge >= 0.3 is 0 Å². The van der Waals surface area contributed by atoms with Crippen molar-refractivity contribution >= 4 is 21.6 Å². The Morgan fingerprint density at radius 1 is 1.35 bits per heavy atom. The third kappa shape index (κ3) is 4.92. The first-order valence-corrected chi connectivity index (χ1v) is 8.82. The molecule has 0 aliphatic heterocycles. The van der Waals surface area contributed by atoms with Gasteiger partial charge in [-0.25, -0.2) is 12.7 Å². The van der Waals surface area contributed by atoms with Crippen molar-refractivity contribution in [1.82, 2.24) is 9.62 Å². The first-order chi connectivity index (χ1) is 10.7. The van der Waals surface area contributed by atoms with Crippen molar-refractivity contribution in [2.24, 2.45) is 5.92 Å². The number of amides is 1. The van der Waals surface area contributed by atoms with Crippen LogP contribution in [0.3, 0.4) is 0 Å². The number of benzene rings is 1. The molecule has 0 fully saturated rings. The van der Waals surface area contributed by atoms with Crippen LogP contribution in [0, 0.1) is 5.92 Å². The van der Waals surface area contributed by atoms with Gasteiger partial charge in [0.05, 0.1) is 6.61 Å². The highest BCUT2D eigenvalue weighted by atomic mass is 32.2. The van der Waals surface area contributed by atoms with Crippen molar-refractivity contribution in [2.75, 3.05) is 39.6 Å². The number of sulfonamides is 1. The van der Waals surface area contributed by atoms with Crippen LogP contribution in [0.25, 0.3) is 0 Å². The largest absolute Gasteiger partial charge is 0.492 e. The molecule has 0 bridgehead atoms. The van der Waals surface area contributed by atoms with Crippen LogP contribution in [0.2, 0.25) is 0 Å². The molecule has 1 unspecified atom stereocenters. The van der Waals surface area contributed by atoms with Crippen molar-refractivity contribution < 1.29 is 17.9 Å². The molecule has 0 radical (unpaired) electrons. The zero-order valence-electron chi connectivity index (χ0n) is 14.2. The Hall–Kier alpha value is -1.64. The van der Waals surface area contributed by atoms with Crippen molar-refractivity contribution in [3.8, 4) is 5.75 Å². The second-order valence-corrected chi connectivity index (χ2v) is 7.45. The van der Waals surface area contributed by atoms with Crippen LogP contribution in [0.4, 0.5) is 5.69 Å². The predicted molar refractivity (Wildman–Crippen MR) is 90.2 cm³/mol. The number of nitrogens with one attached hydrogen (secondary N) is 2. The molecule has 2 N–H and O–H groups in total. The first kappa shape index (κ1) is 19.4. The van der Waals surface area contributed by atoms with Crippen molar-refractivity contribution in [1.29, 1.82) is 0 Å². The smallest absolute Gasteiger partial charge is 0.246 e. The summed E-state index contributed by atoms with van der Waals surface area (Å²) in [6, 6.07) is 4.60. The Morgan fingerprint density at radius 2 is 2.00 bits per heavy atom. The molecule has 1 rings (SSSR count). The summed E-state index contributed by atoms with van der Waals surface area (Å²) in [7, 11) is 0.992. The number of rotatable bonds is 8. The van der Waals surface area contributed by atoms with Crippen LogP contribution in [-0.4, -0.2) is 52.9 Å². The first-order valence-electron chi connectivity index (χ1n) is 7.38. The number of carbonyl (C=O) groups is 1. The fraction of sp³-hybridized carbons (Fsp3) is 0.533. The molecule has 7 nitrogen and oxygen atoms in total. The van der Waals surface area contributed by atoms with Gasteiger partial charge in [0, 0.05) is 32.2 Å². The molecular formula is C15H25N3O4S. The van der Waals surface area contributed by atoms with Crippen molar-refractivity contribution in [3.05, 3.63) is 18.2 Å². The summed E-state index contributed by atoms with van der Waals surface area (Å²) in [4.78, 5) is 12.1. The third-order valence-corrected chi connectivity index (χ3v) is 5.06. The standard InChI is InChI=1S/C15H25N3O4S/c1-6-22-13-8-7-12(17-15(19)11(2)10-16-3)9-14(13)23(20,21)18(4)5/h7-9,11,16H,6,10H2,1-5H3,(H,17,19). The zero-order chi connectivity index (χ0) is 17.6. The lowest BCUT2D eigenvalue weighted by Crippen LogP contribution is -2.29. The zero-order valence-corrected chi connectivity index (χ0v) is 15.0. The van der Waals surface area contributed by atoms with Crippen LogP contribution >= 0.6 is 0 Å². The van der Waals surface area contributed by atoms with E-state index in [2.05, 4.69) is 10.6 Å². The highest BCUT2D eigenvalue weighted by Crippen LogP contribution is 2.29. The topological polar surface area (TPSA) is 87.7 Å². The number of carbonyl (C=O) groups excluding carboxylic acids is 1. The summed E-state index contributed by atoms with van der Waals surface area (Å²) in [5.74, 6) is -0.153. The number of hydrogen-bond acceptors (Lipinski definition) is 5. The molecule has 1 aromatic carbocycles. The van der Waals surface area contributed by atoms with E-state index in [0.29, 0.717) is 18.8 Å². The van der Waals surface area contributed by atoms with E-state index in [-0.39, 0.29) is 22.5 Å². The van der Waals surface area contributed by atoms with Gasteiger partial charge in [0.2, 0.25) is 15.9 Å². The Kier molecular flexibility index (Phi) is 6.99.